The highest BCUT2D eigenvalue weighted by Crippen LogP contribution is 2.28. The van der Waals surface area contributed by atoms with Gasteiger partial charge in [-0.15, -0.1) is 0 Å². The molecule has 204 valence electrons. The highest BCUT2D eigenvalue weighted by atomic mass is 32.2. The van der Waals surface area contributed by atoms with Gasteiger partial charge in [-0.25, -0.2) is 8.42 Å². The fraction of sp³-hybridized carbons (Fsp3) is 0.731. The molecule has 1 amide bonds. The number of carbonyl (C=O) groups is 1. The van der Waals surface area contributed by atoms with E-state index in [1.54, 1.807) is 33.1 Å². The zero-order valence-electron chi connectivity index (χ0n) is 22.8. The van der Waals surface area contributed by atoms with E-state index >= 15 is 0 Å². The summed E-state index contributed by atoms with van der Waals surface area (Å²) in [6.07, 6.45) is 4.38. The van der Waals surface area contributed by atoms with Crippen LogP contribution < -0.4 is 4.74 Å². The highest BCUT2D eigenvalue weighted by molar-refractivity contribution is 7.89. The number of amides is 1. The number of ether oxygens (including phenoxy) is 2. The lowest BCUT2D eigenvalue weighted by atomic mass is 9.97. The van der Waals surface area contributed by atoms with Gasteiger partial charge in [-0.3, -0.25) is 4.79 Å². The second-order valence-corrected chi connectivity index (χ2v) is 12.3. The molecule has 1 aromatic rings. The molecular formula is C26H44N4O5S. The first-order chi connectivity index (χ1) is 17.0. The second-order valence-electron chi connectivity index (χ2n) is 10.3. The van der Waals surface area contributed by atoms with Crippen molar-refractivity contribution in [3.8, 4) is 5.75 Å². The molecule has 0 atom stereocenters. The average Bonchev–Trinajstić information content (AvgIpc) is 2.85. The average molecular weight is 525 g/mol. The first kappa shape index (κ1) is 28.8. The third-order valence-corrected chi connectivity index (χ3v) is 9.93. The van der Waals surface area contributed by atoms with Gasteiger partial charge in [0.1, 0.15) is 12.4 Å². The summed E-state index contributed by atoms with van der Waals surface area (Å²) in [5.74, 6) is 0.605. The fourth-order valence-corrected chi connectivity index (χ4v) is 6.94. The molecule has 2 aliphatic heterocycles. The Morgan fingerprint density at radius 3 is 2.06 bits per heavy atom. The number of aryl methyl sites for hydroxylation is 2. The molecule has 0 aromatic heterocycles. The van der Waals surface area contributed by atoms with E-state index in [2.05, 4.69) is 23.9 Å². The van der Waals surface area contributed by atoms with Gasteiger partial charge >= 0.3 is 0 Å². The molecule has 2 aliphatic rings. The Kier molecular flexibility index (Phi) is 10.2. The van der Waals surface area contributed by atoms with Crippen molar-refractivity contribution in [2.75, 3.05) is 74.2 Å². The molecule has 0 bridgehead atoms. The van der Waals surface area contributed by atoms with Crippen molar-refractivity contribution in [2.45, 2.75) is 56.5 Å². The van der Waals surface area contributed by atoms with Crippen LogP contribution >= 0.6 is 0 Å². The number of rotatable bonds is 10. The normalized spacial score (nSPS) is 18.8. The Morgan fingerprint density at radius 1 is 1.00 bits per heavy atom. The smallest absolute Gasteiger partial charge is 0.248 e. The van der Waals surface area contributed by atoms with Crippen molar-refractivity contribution >= 4 is 15.9 Å². The second kappa shape index (κ2) is 12.7. The summed E-state index contributed by atoms with van der Waals surface area (Å²) in [6.45, 7) is 7.63. The standard InChI is InChI=1S/C26H44N4O5S/c1-20-17-24(34-6)18-21(2)26(20)36(32,33)28(4)15-16-35-19-25(31)30-13-9-23(10-14-30)29(5)22-7-11-27(3)12-8-22/h17-18,22-23H,7-16,19H2,1-6H3. The molecule has 0 N–H and O–H groups in total. The Labute approximate surface area is 217 Å². The largest absolute Gasteiger partial charge is 0.497 e. The zero-order valence-corrected chi connectivity index (χ0v) is 23.6. The lowest BCUT2D eigenvalue weighted by Crippen LogP contribution is -2.51. The molecule has 0 unspecified atom stereocenters. The third-order valence-electron chi connectivity index (χ3n) is 7.77. The van der Waals surface area contributed by atoms with Gasteiger partial charge in [0.25, 0.3) is 0 Å². The summed E-state index contributed by atoms with van der Waals surface area (Å²) in [6, 6.07) is 4.59. The third kappa shape index (κ3) is 6.98. The quantitative estimate of drug-likeness (QED) is 0.433. The maximum Gasteiger partial charge on any atom is 0.248 e. The zero-order chi connectivity index (χ0) is 26.5. The molecule has 2 saturated heterocycles. The SMILES string of the molecule is COc1cc(C)c(S(=O)(=O)N(C)CCOCC(=O)N2CCC(N(C)C3CCN(C)CC3)CC2)c(C)c1. The van der Waals surface area contributed by atoms with Gasteiger partial charge in [0.05, 0.1) is 18.6 Å². The number of methoxy groups -OCH3 is 1. The minimum Gasteiger partial charge on any atom is -0.497 e. The van der Waals surface area contributed by atoms with E-state index in [0.717, 1.165) is 39.0 Å². The number of likely N-dealkylation sites (tertiary alicyclic amines) is 2. The number of sulfonamides is 1. The minimum absolute atomic E-state index is 0.0239. The fourth-order valence-electron chi connectivity index (χ4n) is 5.38. The first-order valence-corrected chi connectivity index (χ1v) is 14.4. The molecule has 9 nitrogen and oxygen atoms in total. The van der Waals surface area contributed by atoms with Crippen molar-refractivity contribution in [3.63, 3.8) is 0 Å². The van der Waals surface area contributed by atoms with Gasteiger partial charge in [0.15, 0.2) is 0 Å². The number of hydrogen-bond donors (Lipinski definition) is 0. The van der Waals surface area contributed by atoms with Crippen LogP contribution in [0.3, 0.4) is 0 Å². The molecular weight excluding hydrogens is 480 g/mol. The number of carbonyl (C=O) groups excluding carboxylic acids is 1. The molecule has 2 heterocycles. The van der Waals surface area contributed by atoms with Crippen LogP contribution in [0.25, 0.3) is 0 Å². The highest BCUT2D eigenvalue weighted by Gasteiger charge is 2.30. The molecule has 3 rings (SSSR count). The van der Waals surface area contributed by atoms with Crippen LogP contribution in [0, 0.1) is 13.8 Å². The van der Waals surface area contributed by atoms with Gasteiger partial charge < -0.3 is 24.2 Å². The summed E-state index contributed by atoms with van der Waals surface area (Å²) in [7, 11) is 3.84. The molecule has 10 heteroatoms. The number of nitrogens with zero attached hydrogens (tertiary/aromatic N) is 4. The van der Waals surface area contributed by atoms with Crippen LogP contribution in [-0.4, -0.2) is 120 Å². The van der Waals surface area contributed by atoms with E-state index in [1.807, 2.05) is 4.90 Å². The van der Waals surface area contributed by atoms with Crippen LogP contribution in [0.5, 0.6) is 5.75 Å². The van der Waals surface area contributed by atoms with E-state index in [-0.39, 0.29) is 30.6 Å². The van der Waals surface area contributed by atoms with E-state index < -0.39 is 10.0 Å². The predicted molar refractivity (Wildman–Crippen MR) is 141 cm³/mol. The van der Waals surface area contributed by atoms with E-state index in [9.17, 15) is 13.2 Å². The van der Waals surface area contributed by atoms with Crippen molar-refractivity contribution in [3.05, 3.63) is 23.3 Å². The lowest BCUT2D eigenvalue weighted by molar-refractivity contribution is -0.137. The number of piperidine rings is 2. The molecule has 2 fully saturated rings. The topological polar surface area (TPSA) is 82.6 Å². The van der Waals surface area contributed by atoms with Gasteiger partial charge in [0, 0.05) is 38.8 Å². The number of benzene rings is 1. The van der Waals surface area contributed by atoms with E-state index in [1.165, 1.54) is 24.2 Å². The summed E-state index contributed by atoms with van der Waals surface area (Å²) < 4.78 is 38.3. The van der Waals surface area contributed by atoms with Crippen LogP contribution in [0.1, 0.15) is 36.8 Å². The van der Waals surface area contributed by atoms with Crippen LogP contribution in [0.2, 0.25) is 0 Å². The van der Waals surface area contributed by atoms with E-state index in [4.69, 9.17) is 9.47 Å². The lowest BCUT2D eigenvalue weighted by Gasteiger charge is -2.42. The van der Waals surface area contributed by atoms with Crippen LogP contribution in [0.4, 0.5) is 0 Å². The first-order valence-electron chi connectivity index (χ1n) is 12.9. The molecule has 0 aliphatic carbocycles. The summed E-state index contributed by atoms with van der Waals surface area (Å²) in [4.78, 5) is 19.8. The Balaban J connectivity index is 1.41. The summed E-state index contributed by atoms with van der Waals surface area (Å²) in [5.41, 5.74) is 1.28. The molecule has 0 saturated carbocycles. The van der Waals surface area contributed by atoms with Crippen molar-refractivity contribution in [1.29, 1.82) is 0 Å². The van der Waals surface area contributed by atoms with Crippen molar-refractivity contribution in [1.82, 2.24) is 19.0 Å². The summed E-state index contributed by atoms with van der Waals surface area (Å²) >= 11 is 0. The maximum absolute atomic E-state index is 13.1. The van der Waals surface area contributed by atoms with Gasteiger partial charge in [-0.2, -0.15) is 4.31 Å². The van der Waals surface area contributed by atoms with Gasteiger partial charge in [-0.05, 0) is 90.0 Å². The molecule has 1 aromatic carbocycles. The Bertz CT molecular complexity index is 963. The molecule has 0 spiro atoms. The van der Waals surface area contributed by atoms with Crippen molar-refractivity contribution < 1.29 is 22.7 Å². The van der Waals surface area contributed by atoms with Crippen LogP contribution in [0.15, 0.2) is 17.0 Å². The monoisotopic (exact) mass is 524 g/mol. The van der Waals surface area contributed by atoms with Gasteiger partial charge in [0.2, 0.25) is 15.9 Å². The minimum atomic E-state index is -3.68. The van der Waals surface area contributed by atoms with Crippen molar-refractivity contribution in [2.24, 2.45) is 0 Å². The van der Waals surface area contributed by atoms with Gasteiger partial charge in [-0.1, -0.05) is 0 Å². The number of likely N-dealkylation sites (N-methyl/N-ethyl adjacent to an activating group) is 1. The Hall–Kier alpha value is -1.72. The van der Waals surface area contributed by atoms with E-state index in [0.29, 0.717) is 29.0 Å². The Morgan fingerprint density at radius 2 is 1.53 bits per heavy atom. The molecule has 36 heavy (non-hydrogen) atoms. The van der Waals surface area contributed by atoms with Crippen LogP contribution in [-0.2, 0) is 19.6 Å². The predicted octanol–water partition coefficient (Wildman–Crippen LogP) is 1.97. The summed E-state index contributed by atoms with van der Waals surface area (Å²) in [5, 5.41) is 0. The number of hydrogen-bond acceptors (Lipinski definition) is 7. The molecule has 0 radical (unpaired) electrons. The maximum atomic E-state index is 13.1.